The molecule has 1 saturated heterocycles. The quantitative estimate of drug-likeness (QED) is 0.0255. The monoisotopic (exact) mass is 783 g/mol. The predicted molar refractivity (Wildman–Crippen MR) is 193 cm³/mol. The third kappa shape index (κ3) is 8.41. The van der Waals surface area contributed by atoms with Crippen molar-refractivity contribution >= 4 is 80.8 Å². The summed E-state index contributed by atoms with van der Waals surface area (Å²) >= 11 is 2.29. The number of aromatic nitrogens is 3. The zero-order chi connectivity index (χ0) is 39.5. The summed E-state index contributed by atoms with van der Waals surface area (Å²) in [5.41, 5.74) is 10.0. The molecule has 2 atom stereocenters. The van der Waals surface area contributed by atoms with Crippen LogP contribution in [-0.4, -0.2) is 99.7 Å². The maximum atomic E-state index is 13.5. The van der Waals surface area contributed by atoms with Crippen LogP contribution in [-0.2, 0) is 30.6 Å². The summed E-state index contributed by atoms with van der Waals surface area (Å²) in [7, 11) is 0. The number of amides is 1. The zero-order valence-electron chi connectivity index (χ0n) is 28.7. The van der Waals surface area contributed by atoms with Gasteiger partial charge in [-0.05, 0) is 43.5 Å². The Morgan fingerprint density at radius 1 is 1.15 bits per heavy atom. The van der Waals surface area contributed by atoms with Crippen molar-refractivity contribution in [2.45, 2.75) is 50.6 Å². The summed E-state index contributed by atoms with van der Waals surface area (Å²) in [4.78, 5) is 89.3. The second-order valence-electron chi connectivity index (χ2n) is 12.7. The number of aliphatic carboxylic acids is 2. The Hall–Kier alpha value is -6.09. The molecule has 0 saturated carbocycles. The molecule has 5 rings (SSSR count). The van der Waals surface area contributed by atoms with E-state index >= 15 is 0 Å². The predicted octanol–water partition coefficient (Wildman–Crippen LogP) is 1.58. The highest BCUT2D eigenvalue weighted by atomic mass is 32.2. The first-order valence-electron chi connectivity index (χ1n) is 16.1. The molecule has 0 radical (unpaired) electrons. The largest absolute Gasteiger partial charge is 0.507 e. The highest BCUT2D eigenvalue weighted by Gasteiger charge is 2.54. The summed E-state index contributed by atoms with van der Waals surface area (Å²) in [6.45, 7) is 2.79. The van der Waals surface area contributed by atoms with E-state index in [0.717, 1.165) is 28.4 Å². The number of carboxylic acid groups (broad SMARTS) is 3. The zero-order valence-corrected chi connectivity index (χ0v) is 30.3. The minimum Gasteiger partial charge on any atom is -0.507 e. The van der Waals surface area contributed by atoms with Crippen molar-refractivity contribution in [2.75, 3.05) is 29.1 Å². The lowest BCUT2D eigenvalue weighted by molar-refractivity contribution is -0.691. The molecule has 2 aliphatic heterocycles. The number of Topliss-reactive ketones (excluding diaryl/α,β-unsaturated/α-hetero) is 2. The molecule has 4 heterocycles. The van der Waals surface area contributed by atoms with Crippen LogP contribution in [0.15, 0.2) is 52.5 Å². The number of thioether (sulfide) groups is 1. The number of anilines is 3. The van der Waals surface area contributed by atoms with E-state index in [9.17, 15) is 49.2 Å². The van der Waals surface area contributed by atoms with Gasteiger partial charge in [-0.1, -0.05) is 5.16 Å². The molecule has 54 heavy (non-hydrogen) atoms. The average molecular weight is 784 g/mol. The van der Waals surface area contributed by atoms with E-state index in [0.29, 0.717) is 17.7 Å². The number of rotatable bonds is 17. The molecular weight excluding hydrogens is 749 g/mol. The van der Waals surface area contributed by atoms with Crippen LogP contribution in [0.2, 0.25) is 0 Å². The Bertz CT molecular complexity index is 2120. The number of oxime groups is 1. The van der Waals surface area contributed by atoms with Crippen LogP contribution in [0, 0.1) is 5.92 Å². The summed E-state index contributed by atoms with van der Waals surface area (Å²) in [6, 6.07) is 3.60. The molecule has 1 fully saturated rings. The number of aromatic carboxylic acids is 1. The molecule has 19 nitrogen and oxygen atoms in total. The van der Waals surface area contributed by atoms with E-state index in [-0.39, 0.29) is 76.6 Å². The third-order valence-electron chi connectivity index (χ3n) is 8.41. The van der Waals surface area contributed by atoms with Gasteiger partial charge in [0.05, 0.1) is 11.3 Å². The number of hydrogen-bond donors (Lipinski definition) is 7. The number of carboxylic acids is 3. The molecule has 1 unspecified atom stereocenters. The number of β-lactam (4-membered cyclic amide) rings is 1. The molecule has 2 aliphatic rings. The Morgan fingerprint density at radius 2 is 1.89 bits per heavy atom. The standard InChI is InChI=1S/C33H34N8O11S2/c1-33(2,31(50)51)52-39-24(20-13-54-32(35)38-20)23(44)9-18-27(45)41-25(30(48)49)16(12-53-28(18)41)10-40-11-19(26(34)37-14-40)36-7-3-4-21(42)15-5-6-22(43)17(8-15)29(46)47/h5-6,8,11,13-14,18,28,34,36H,3-4,7,9-10,12H2,1-2H3,(H6,35,38,42,43,46,47,48,49,50,51)/p+1/b39-24-/t18-,28?/m1/s1. The molecule has 2 aromatic heterocycles. The van der Waals surface area contributed by atoms with Gasteiger partial charge in [0.2, 0.25) is 11.5 Å². The SMILES string of the molecule is CC(C)(O/N=C(\C(=O)C[C@@H]1C(=O)N2C(C(=O)O)=C(C[n+]3cnc(N)c(NCCCC(=O)c4ccc(O)c(C(=O)O)c4)c3)CSC12)c1csc(N)n1)C(=O)O. The third-order valence-corrected chi connectivity index (χ3v) is 10.5. The number of carbonyl (C=O) groups is 6. The van der Waals surface area contributed by atoms with E-state index < -0.39 is 52.2 Å². The Balaban J connectivity index is 1.24. The smallest absolute Gasteiger partial charge is 0.352 e. The number of hydrogen-bond acceptors (Lipinski definition) is 16. The van der Waals surface area contributed by atoms with Gasteiger partial charge in [0.1, 0.15) is 41.1 Å². The second-order valence-corrected chi connectivity index (χ2v) is 14.6. The van der Waals surface area contributed by atoms with Gasteiger partial charge in [0.15, 0.2) is 22.4 Å². The number of nitrogens with two attached hydrogens (primary N) is 2. The van der Waals surface area contributed by atoms with Crippen molar-refractivity contribution in [1.82, 2.24) is 14.9 Å². The Morgan fingerprint density at radius 3 is 2.54 bits per heavy atom. The van der Waals surface area contributed by atoms with Gasteiger partial charge in [-0.15, -0.1) is 23.1 Å². The number of fused-ring (bicyclic) bond motifs is 1. The average Bonchev–Trinajstić information content (AvgIpc) is 3.55. The van der Waals surface area contributed by atoms with Crippen LogP contribution in [0.3, 0.4) is 0 Å². The van der Waals surface area contributed by atoms with Gasteiger partial charge in [0.25, 0.3) is 12.1 Å². The van der Waals surface area contributed by atoms with Crippen molar-refractivity contribution in [3.63, 3.8) is 0 Å². The summed E-state index contributed by atoms with van der Waals surface area (Å²) in [5.74, 6) is -6.65. The van der Waals surface area contributed by atoms with Crippen molar-refractivity contribution < 1.29 is 58.6 Å². The summed E-state index contributed by atoms with van der Waals surface area (Å²) in [5, 5.41) is 46.2. The van der Waals surface area contributed by atoms with Gasteiger partial charge in [0, 0.05) is 41.7 Å². The Labute approximate surface area is 314 Å². The second kappa shape index (κ2) is 15.9. The Kier molecular flexibility index (Phi) is 11.5. The number of thiazole rings is 1. The van der Waals surface area contributed by atoms with E-state index in [1.165, 1.54) is 43.4 Å². The van der Waals surface area contributed by atoms with Gasteiger partial charge >= 0.3 is 17.9 Å². The van der Waals surface area contributed by atoms with Crippen molar-refractivity contribution in [3.8, 4) is 5.75 Å². The number of carbonyl (C=O) groups excluding carboxylic acids is 3. The van der Waals surface area contributed by atoms with Crippen molar-refractivity contribution in [2.24, 2.45) is 11.1 Å². The molecular formula is C33H35N8O11S2+. The number of nitrogen functional groups attached to an aromatic ring is 2. The fraction of sp³-hybridized carbons (Fsp3) is 0.333. The molecule has 0 bridgehead atoms. The maximum absolute atomic E-state index is 13.5. The molecule has 9 N–H and O–H groups in total. The normalized spacial score (nSPS) is 17.0. The molecule has 3 aromatic rings. The summed E-state index contributed by atoms with van der Waals surface area (Å²) in [6.07, 6.45) is 3.02. The van der Waals surface area contributed by atoms with Crippen molar-refractivity contribution in [3.05, 3.63) is 64.2 Å². The molecule has 0 spiro atoms. The van der Waals surface area contributed by atoms with Crippen LogP contribution in [0.4, 0.5) is 16.6 Å². The van der Waals surface area contributed by atoms with Crippen LogP contribution >= 0.6 is 23.1 Å². The molecule has 21 heteroatoms. The lowest BCUT2D eigenvalue weighted by Crippen LogP contribution is -2.62. The number of nitrogens with one attached hydrogen (secondary N) is 1. The fourth-order valence-corrected chi connectivity index (χ4v) is 7.43. The van der Waals surface area contributed by atoms with E-state index in [2.05, 4.69) is 20.4 Å². The topological polar surface area (TPSA) is 302 Å². The van der Waals surface area contributed by atoms with Gasteiger partial charge in [-0.2, -0.15) is 0 Å². The number of aromatic hydroxyl groups is 1. The fourth-order valence-electron chi connectivity index (χ4n) is 5.48. The first-order valence-corrected chi connectivity index (χ1v) is 18.0. The van der Waals surface area contributed by atoms with Crippen LogP contribution in [0.25, 0.3) is 0 Å². The van der Waals surface area contributed by atoms with Crippen LogP contribution in [0.1, 0.15) is 59.5 Å². The van der Waals surface area contributed by atoms with Crippen LogP contribution < -0.4 is 21.4 Å². The number of benzene rings is 1. The highest BCUT2D eigenvalue weighted by Crippen LogP contribution is 2.45. The summed E-state index contributed by atoms with van der Waals surface area (Å²) < 4.78 is 1.58. The van der Waals surface area contributed by atoms with E-state index in [4.69, 9.17) is 16.3 Å². The lowest BCUT2D eigenvalue weighted by atomic mass is 9.89. The van der Waals surface area contributed by atoms with Crippen molar-refractivity contribution in [1.29, 1.82) is 0 Å². The number of phenols is 1. The molecule has 1 amide bonds. The lowest BCUT2D eigenvalue weighted by Gasteiger charge is -2.49. The highest BCUT2D eigenvalue weighted by molar-refractivity contribution is 8.00. The number of ketones is 2. The first-order chi connectivity index (χ1) is 25.5. The maximum Gasteiger partial charge on any atom is 0.352 e. The first kappa shape index (κ1) is 39.1. The molecule has 0 aliphatic carbocycles. The van der Waals surface area contributed by atoms with E-state index in [1.807, 2.05) is 0 Å². The molecule has 1 aromatic carbocycles. The minimum absolute atomic E-state index is 0.0285. The minimum atomic E-state index is -1.78. The van der Waals surface area contributed by atoms with E-state index in [1.54, 1.807) is 10.8 Å². The molecule has 284 valence electrons. The van der Waals surface area contributed by atoms with Gasteiger partial charge in [-0.3, -0.25) is 19.3 Å². The number of nitrogens with zero attached hydrogens (tertiary/aromatic N) is 5. The van der Waals surface area contributed by atoms with Gasteiger partial charge in [-0.25, -0.2) is 23.9 Å². The van der Waals surface area contributed by atoms with Gasteiger partial charge < -0.3 is 42.0 Å². The van der Waals surface area contributed by atoms with Crippen LogP contribution in [0.5, 0.6) is 5.75 Å².